The molecule has 1 aromatic carbocycles. The first-order valence-electron chi connectivity index (χ1n) is 8.47. The standard InChI is InChI=1S/C17H23ClN2O5S/c1-3-20(4-2)16(21)10-25-15-6-5-13(9-14(15)18)19-17(22)12-7-8-26(23,24)11-12/h5-6,9,12H,3-4,7-8,10-11H2,1-2H3,(H,19,22). The Balaban J connectivity index is 1.94. The van der Waals surface area contributed by atoms with E-state index in [1.165, 1.54) is 6.07 Å². The Morgan fingerprint density at radius 3 is 2.54 bits per heavy atom. The molecule has 1 unspecified atom stereocenters. The molecule has 0 saturated carbocycles. The zero-order valence-electron chi connectivity index (χ0n) is 14.8. The lowest BCUT2D eigenvalue weighted by atomic mass is 10.1. The van der Waals surface area contributed by atoms with Crippen molar-refractivity contribution in [2.45, 2.75) is 20.3 Å². The minimum absolute atomic E-state index is 0.0409. The predicted octanol–water partition coefficient (Wildman–Crippen LogP) is 1.96. The van der Waals surface area contributed by atoms with Crippen molar-refractivity contribution < 1.29 is 22.7 Å². The van der Waals surface area contributed by atoms with Crippen LogP contribution in [0.1, 0.15) is 20.3 Å². The van der Waals surface area contributed by atoms with Crippen LogP contribution in [0.25, 0.3) is 0 Å². The quantitative estimate of drug-likeness (QED) is 0.752. The number of amides is 2. The van der Waals surface area contributed by atoms with Crippen molar-refractivity contribution in [3.05, 3.63) is 23.2 Å². The van der Waals surface area contributed by atoms with Crippen LogP contribution in [0.3, 0.4) is 0 Å². The van der Waals surface area contributed by atoms with Crippen LogP contribution in [0.5, 0.6) is 5.75 Å². The summed E-state index contributed by atoms with van der Waals surface area (Å²) in [7, 11) is -3.12. The number of anilines is 1. The fourth-order valence-corrected chi connectivity index (χ4v) is 4.73. The summed E-state index contributed by atoms with van der Waals surface area (Å²) in [6, 6.07) is 4.68. The third-order valence-electron chi connectivity index (χ3n) is 4.27. The average Bonchev–Trinajstić information content (AvgIpc) is 2.95. The molecule has 0 bridgehead atoms. The van der Waals surface area contributed by atoms with Crippen LogP contribution in [0.15, 0.2) is 18.2 Å². The Labute approximate surface area is 158 Å². The number of benzene rings is 1. The second-order valence-electron chi connectivity index (χ2n) is 6.09. The Bertz CT molecular complexity index is 777. The normalized spacial score (nSPS) is 18.3. The van der Waals surface area contributed by atoms with Crippen LogP contribution >= 0.6 is 11.6 Å². The van der Waals surface area contributed by atoms with Gasteiger partial charge < -0.3 is 15.0 Å². The third kappa shape index (κ3) is 5.35. The van der Waals surface area contributed by atoms with Gasteiger partial charge in [-0.2, -0.15) is 0 Å². The topological polar surface area (TPSA) is 92.8 Å². The number of ether oxygens (including phenoxy) is 1. The maximum atomic E-state index is 12.2. The van der Waals surface area contributed by atoms with Gasteiger partial charge in [0, 0.05) is 18.8 Å². The number of carbonyl (C=O) groups excluding carboxylic acids is 2. The highest BCUT2D eigenvalue weighted by molar-refractivity contribution is 7.91. The summed E-state index contributed by atoms with van der Waals surface area (Å²) in [4.78, 5) is 25.8. The second kappa shape index (κ2) is 8.73. The van der Waals surface area contributed by atoms with Crippen LogP contribution in [-0.2, 0) is 19.4 Å². The van der Waals surface area contributed by atoms with Gasteiger partial charge in [-0.25, -0.2) is 8.42 Å². The van der Waals surface area contributed by atoms with E-state index in [-0.39, 0.29) is 34.9 Å². The van der Waals surface area contributed by atoms with E-state index >= 15 is 0 Å². The van der Waals surface area contributed by atoms with E-state index in [4.69, 9.17) is 16.3 Å². The molecule has 1 N–H and O–H groups in total. The van der Waals surface area contributed by atoms with Crippen LogP contribution in [-0.4, -0.2) is 56.3 Å². The molecule has 9 heteroatoms. The molecular weight excluding hydrogens is 380 g/mol. The van der Waals surface area contributed by atoms with Gasteiger partial charge in [0.2, 0.25) is 5.91 Å². The van der Waals surface area contributed by atoms with Crippen molar-refractivity contribution in [1.82, 2.24) is 4.90 Å². The van der Waals surface area contributed by atoms with Gasteiger partial charge in [0.05, 0.1) is 22.4 Å². The summed E-state index contributed by atoms with van der Waals surface area (Å²) in [6.07, 6.45) is 0.330. The van der Waals surface area contributed by atoms with E-state index in [1.54, 1.807) is 17.0 Å². The molecule has 1 aromatic rings. The fraction of sp³-hybridized carbons (Fsp3) is 0.529. The molecule has 0 spiro atoms. The summed E-state index contributed by atoms with van der Waals surface area (Å²) >= 11 is 6.15. The highest BCUT2D eigenvalue weighted by Crippen LogP contribution is 2.28. The lowest BCUT2D eigenvalue weighted by molar-refractivity contribution is -0.133. The predicted molar refractivity (Wildman–Crippen MR) is 100 cm³/mol. The number of hydrogen-bond donors (Lipinski definition) is 1. The van der Waals surface area contributed by atoms with Gasteiger partial charge in [-0.05, 0) is 38.5 Å². The minimum atomic E-state index is -3.12. The van der Waals surface area contributed by atoms with Crippen molar-refractivity contribution in [2.75, 3.05) is 36.5 Å². The molecule has 1 aliphatic heterocycles. The van der Waals surface area contributed by atoms with Crippen LogP contribution in [0.4, 0.5) is 5.69 Å². The molecule has 1 heterocycles. The lowest BCUT2D eigenvalue weighted by Crippen LogP contribution is -2.34. The molecule has 1 fully saturated rings. The zero-order valence-corrected chi connectivity index (χ0v) is 16.4. The van der Waals surface area contributed by atoms with Crippen molar-refractivity contribution in [3.8, 4) is 5.75 Å². The molecule has 1 aliphatic rings. The molecule has 0 radical (unpaired) electrons. The van der Waals surface area contributed by atoms with Gasteiger partial charge in [-0.3, -0.25) is 9.59 Å². The van der Waals surface area contributed by atoms with E-state index < -0.39 is 15.8 Å². The lowest BCUT2D eigenvalue weighted by Gasteiger charge is -2.19. The molecule has 2 amide bonds. The monoisotopic (exact) mass is 402 g/mol. The van der Waals surface area contributed by atoms with Gasteiger partial charge >= 0.3 is 0 Å². The van der Waals surface area contributed by atoms with E-state index in [2.05, 4.69) is 5.32 Å². The molecule has 7 nitrogen and oxygen atoms in total. The van der Waals surface area contributed by atoms with Crippen LogP contribution in [0, 0.1) is 5.92 Å². The largest absolute Gasteiger partial charge is 0.482 e. The van der Waals surface area contributed by atoms with Crippen LogP contribution in [0.2, 0.25) is 5.02 Å². The van der Waals surface area contributed by atoms with Crippen LogP contribution < -0.4 is 10.1 Å². The van der Waals surface area contributed by atoms with Crippen molar-refractivity contribution >= 4 is 38.9 Å². The van der Waals surface area contributed by atoms with E-state index in [1.807, 2.05) is 13.8 Å². The third-order valence-corrected chi connectivity index (χ3v) is 6.33. The second-order valence-corrected chi connectivity index (χ2v) is 8.73. The van der Waals surface area contributed by atoms with Gasteiger partial charge in [0.15, 0.2) is 16.4 Å². The van der Waals surface area contributed by atoms with Crippen molar-refractivity contribution in [1.29, 1.82) is 0 Å². The molecule has 0 aliphatic carbocycles. The zero-order chi connectivity index (χ0) is 19.3. The number of nitrogens with one attached hydrogen (secondary N) is 1. The molecule has 2 rings (SSSR count). The first-order valence-corrected chi connectivity index (χ1v) is 10.7. The minimum Gasteiger partial charge on any atom is -0.482 e. The van der Waals surface area contributed by atoms with Gasteiger partial charge in [0.25, 0.3) is 5.91 Å². The number of halogens is 1. The molecule has 144 valence electrons. The maximum Gasteiger partial charge on any atom is 0.260 e. The first kappa shape index (κ1) is 20.5. The summed E-state index contributed by atoms with van der Waals surface area (Å²) in [5, 5.41) is 2.93. The Hall–Kier alpha value is -1.80. The summed E-state index contributed by atoms with van der Waals surface area (Å²) in [5.41, 5.74) is 0.451. The molecule has 0 aromatic heterocycles. The van der Waals surface area contributed by atoms with Gasteiger partial charge in [0.1, 0.15) is 5.75 Å². The summed E-state index contributed by atoms with van der Waals surface area (Å²) < 4.78 is 28.4. The Morgan fingerprint density at radius 1 is 1.31 bits per heavy atom. The molecule has 26 heavy (non-hydrogen) atoms. The highest BCUT2D eigenvalue weighted by atomic mass is 35.5. The average molecular weight is 403 g/mol. The van der Waals surface area contributed by atoms with Crippen molar-refractivity contribution in [2.24, 2.45) is 5.92 Å². The van der Waals surface area contributed by atoms with E-state index in [0.717, 1.165) is 0 Å². The number of sulfone groups is 1. The van der Waals surface area contributed by atoms with Crippen molar-refractivity contribution in [3.63, 3.8) is 0 Å². The maximum absolute atomic E-state index is 12.2. The van der Waals surface area contributed by atoms with E-state index in [9.17, 15) is 18.0 Å². The summed E-state index contributed by atoms with van der Waals surface area (Å²) in [5.74, 6) is -0.756. The number of rotatable bonds is 7. The molecule has 1 saturated heterocycles. The number of nitrogens with zero attached hydrogens (tertiary/aromatic N) is 1. The van der Waals surface area contributed by atoms with E-state index in [0.29, 0.717) is 30.9 Å². The van der Waals surface area contributed by atoms with Gasteiger partial charge in [-0.15, -0.1) is 0 Å². The Morgan fingerprint density at radius 2 is 2.00 bits per heavy atom. The Kier molecular flexibility index (Phi) is 6.88. The molecule has 1 atom stereocenters. The summed E-state index contributed by atoms with van der Waals surface area (Å²) in [6.45, 7) is 4.87. The first-order chi connectivity index (χ1) is 12.3. The van der Waals surface area contributed by atoms with Gasteiger partial charge in [-0.1, -0.05) is 11.6 Å². The smallest absolute Gasteiger partial charge is 0.260 e. The molecular formula is C17H23ClN2O5S. The fourth-order valence-electron chi connectivity index (χ4n) is 2.75. The SMILES string of the molecule is CCN(CC)C(=O)COc1ccc(NC(=O)C2CCS(=O)(=O)C2)cc1Cl. The number of carbonyl (C=O) groups is 2. The highest BCUT2D eigenvalue weighted by Gasteiger charge is 2.33. The number of likely N-dealkylation sites (N-methyl/N-ethyl adjacent to an activating group) is 1. The number of hydrogen-bond acceptors (Lipinski definition) is 5.